The van der Waals surface area contributed by atoms with Gasteiger partial charge in [0.1, 0.15) is 10.1 Å². The van der Waals surface area contributed by atoms with E-state index in [1.54, 1.807) is 11.7 Å². The molecule has 2 rings (SSSR count). The van der Waals surface area contributed by atoms with E-state index < -0.39 is 0 Å². The van der Waals surface area contributed by atoms with Crippen molar-refractivity contribution in [1.29, 1.82) is 0 Å². The van der Waals surface area contributed by atoms with Crippen LogP contribution in [0.25, 0.3) is 11.0 Å². The van der Waals surface area contributed by atoms with Crippen molar-refractivity contribution in [3.63, 3.8) is 0 Å². The average Bonchev–Trinajstić information content (AvgIpc) is 2.32. The van der Waals surface area contributed by atoms with Gasteiger partial charge in [0, 0.05) is 7.05 Å². The van der Waals surface area contributed by atoms with E-state index in [-0.39, 0.29) is 5.56 Å². The summed E-state index contributed by atoms with van der Waals surface area (Å²) in [5, 5.41) is 3.98. The summed E-state index contributed by atoms with van der Waals surface area (Å²) in [5.41, 5.74) is 0.717. The maximum absolute atomic E-state index is 11.2. The van der Waals surface area contributed by atoms with Gasteiger partial charge in [-0.3, -0.25) is 9.48 Å². The van der Waals surface area contributed by atoms with E-state index in [4.69, 9.17) is 0 Å². The number of hydrogen-bond acceptors (Lipinski definition) is 3. The van der Waals surface area contributed by atoms with E-state index in [9.17, 15) is 4.79 Å². The molecule has 0 bridgehead atoms. The fourth-order valence-electron chi connectivity index (χ4n) is 0.983. The zero-order valence-corrected chi connectivity index (χ0v) is 7.79. The number of H-pyrrole nitrogens is 1. The smallest absolute Gasteiger partial charge is 0.279 e. The molecule has 2 heterocycles. The van der Waals surface area contributed by atoms with Gasteiger partial charge in [-0.15, -0.1) is 0 Å². The lowest BCUT2D eigenvalue weighted by atomic mass is 10.5. The third kappa shape index (κ3) is 0.878. The maximum Gasteiger partial charge on any atom is 0.279 e. The minimum Gasteiger partial charge on any atom is -0.311 e. The number of nitrogens with one attached hydrogen (secondary N) is 1. The second kappa shape index (κ2) is 2.41. The molecular formula is C6H5BrN4O. The average molecular weight is 229 g/mol. The Kier molecular flexibility index (Phi) is 1.50. The molecule has 0 amide bonds. The van der Waals surface area contributed by atoms with Crippen LogP contribution in [0.2, 0.25) is 0 Å². The molecule has 12 heavy (non-hydrogen) atoms. The van der Waals surface area contributed by atoms with Gasteiger partial charge in [0.25, 0.3) is 5.56 Å². The van der Waals surface area contributed by atoms with Crippen LogP contribution in [0.4, 0.5) is 0 Å². The molecule has 0 unspecified atom stereocenters. The van der Waals surface area contributed by atoms with E-state index in [2.05, 4.69) is 31.0 Å². The number of rotatable bonds is 0. The molecule has 0 aliphatic rings. The van der Waals surface area contributed by atoms with Crippen molar-refractivity contribution in [3.05, 3.63) is 21.3 Å². The highest BCUT2D eigenvalue weighted by Crippen LogP contribution is 2.16. The number of aromatic nitrogens is 4. The van der Waals surface area contributed by atoms with Crippen LogP contribution in [-0.4, -0.2) is 19.7 Å². The zero-order chi connectivity index (χ0) is 8.72. The summed E-state index contributed by atoms with van der Waals surface area (Å²) in [6, 6.07) is 0. The Labute approximate surface area is 75.6 Å². The molecule has 0 atom stereocenters. The lowest BCUT2D eigenvalue weighted by molar-refractivity contribution is 0.759. The van der Waals surface area contributed by atoms with E-state index in [0.717, 1.165) is 0 Å². The summed E-state index contributed by atoms with van der Waals surface area (Å²) in [7, 11) is 1.74. The summed E-state index contributed by atoms with van der Waals surface area (Å²) >= 11 is 3.27. The van der Waals surface area contributed by atoms with Gasteiger partial charge in [0.05, 0.1) is 6.33 Å². The molecule has 62 valence electrons. The Bertz CT molecular complexity index is 486. The molecule has 0 aromatic carbocycles. The molecule has 0 saturated carbocycles. The van der Waals surface area contributed by atoms with E-state index in [0.29, 0.717) is 15.6 Å². The minimum absolute atomic E-state index is 0.221. The molecule has 5 nitrogen and oxygen atoms in total. The minimum atomic E-state index is -0.221. The van der Waals surface area contributed by atoms with Crippen LogP contribution in [0, 0.1) is 0 Å². The van der Waals surface area contributed by atoms with Crippen molar-refractivity contribution >= 4 is 27.0 Å². The normalized spacial score (nSPS) is 10.8. The Hall–Kier alpha value is -1.17. The van der Waals surface area contributed by atoms with Gasteiger partial charge < -0.3 is 4.98 Å². The lowest BCUT2D eigenvalue weighted by Crippen LogP contribution is -2.05. The molecule has 0 spiro atoms. The standard InChI is InChI=1S/C6H5BrN4O/c1-11-5(7)3-4(10-11)6(12)9-2-8-3/h2H,1H3,(H,8,9,12). The Morgan fingerprint density at radius 3 is 3.00 bits per heavy atom. The van der Waals surface area contributed by atoms with Crippen LogP contribution >= 0.6 is 15.9 Å². The maximum atomic E-state index is 11.2. The summed E-state index contributed by atoms with van der Waals surface area (Å²) in [6.07, 6.45) is 1.36. The van der Waals surface area contributed by atoms with Gasteiger partial charge in [0.2, 0.25) is 0 Å². The number of halogens is 1. The Morgan fingerprint density at radius 2 is 2.33 bits per heavy atom. The van der Waals surface area contributed by atoms with Crippen LogP contribution in [-0.2, 0) is 7.05 Å². The van der Waals surface area contributed by atoms with Crippen LogP contribution in [0.1, 0.15) is 0 Å². The van der Waals surface area contributed by atoms with E-state index >= 15 is 0 Å². The van der Waals surface area contributed by atoms with Crippen molar-refractivity contribution in [1.82, 2.24) is 19.7 Å². The fraction of sp³-hybridized carbons (Fsp3) is 0.167. The molecule has 6 heteroatoms. The first-order valence-electron chi connectivity index (χ1n) is 3.26. The molecule has 1 N–H and O–H groups in total. The first kappa shape index (κ1) is 7.48. The summed E-state index contributed by atoms with van der Waals surface area (Å²) in [5.74, 6) is 0. The molecule has 0 aliphatic carbocycles. The van der Waals surface area contributed by atoms with Crippen LogP contribution < -0.4 is 5.56 Å². The SMILES string of the molecule is Cn1nc2c(=O)[nH]cnc2c1Br. The predicted octanol–water partition coefficient (Wildman–Crippen LogP) is 0.419. The molecule has 0 aliphatic heterocycles. The van der Waals surface area contributed by atoms with Crippen molar-refractivity contribution in [2.75, 3.05) is 0 Å². The molecule has 2 aromatic heterocycles. The number of hydrogen-bond donors (Lipinski definition) is 1. The largest absolute Gasteiger partial charge is 0.311 e. The zero-order valence-electron chi connectivity index (χ0n) is 6.21. The van der Waals surface area contributed by atoms with Crippen molar-refractivity contribution in [2.24, 2.45) is 7.05 Å². The molecular weight excluding hydrogens is 224 g/mol. The van der Waals surface area contributed by atoms with Gasteiger partial charge >= 0.3 is 0 Å². The van der Waals surface area contributed by atoms with Crippen LogP contribution in [0.5, 0.6) is 0 Å². The summed E-state index contributed by atoms with van der Waals surface area (Å²) in [4.78, 5) is 17.6. The first-order chi connectivity index (χ1) is 5.70. The van der Waals surface area contributed by atoms with Crippen LogP contribution in [0.3, 0.4) is 0 Å². The second-order valence-electron chi connectivity index (χ2n) is 2.34. The number of aromatic amines is 1. The lowest BCUT2D eigenvalue weighted by Gasteiger charge is -1.86. The molecule has 0 fully saturated rings. The molecule has 0 radical (unpaired) electrons. The van der Waals surface area contributed by atoms with Gasteiger partial charge in [-0.05, 0) is 15.9 Å². The highest BCUT2D eigenvalue weighted by atomic mass is 79.9. The highest BCUT2D eigenvalue weighted by molar-refractivity contribution is 9.10. The van der Waals surface area contributed by atoms with Crippen molar-refractivity contribution < 1.29 is 0 Å². The van der Waals surface area contributed by atoms with Crippen molar-refractivity contribution in [2.45, 2.75) is 0 Å². The van der Waals surface area contributed by atoms with E-state index in [1.165, 1.54) is 6.33 Å². The fourth-order valence-corrected chi connectivity index (χ4v) is 1.35. The number of aryl methyl sites for hydroxylation is 1. The Morgan fingerprint density at radius 1 is 1.58 bits per heavy atom. The monoisotopic (exact) mass is 228 g/mol. The third-order valence-electron chi connectivity index (χ3n) is 1.56. The topological polar surface area (TPSA) is 63.6 Å². The van der Waals surface area contributed by atoms with Gasteiger partial charge in [-0.2, -0.15) is 5.10 Å². The van der Waals surface area contributed by atoms with Crippen LogP contribution in [0.15, 0.2) is 15.7 Å². The number of nitrogens with zero attached hydrogens (tertiary/aromatic N) is 3. The molecule has 2 aromatic rings. The second-order valence-corrected chi connectivity index (χ2v) is 3.09. The quantitative estimate of drug-likeness (QED) is 0.711. The van der Waals surface area contributed by atoms with Crippen molar-refractivity contribution in [3.8, 4) is 0 Å². The van der Waals surface area contributed by atoms with Gasteiger partial charge in [-0.25, -0.2) is 4.98 Å². The molecule has 0 saturated heterocycles. The predicted molar refractivity (Wildman–Crippen MR) is 46.8 cm³/mol. The van der Waals surface area contributed by atoms with E-state index in [1.807, 2.05) is 0 Å². The highest BCUT2D eigenvalue weighted by Gasteiger charge is 2.09. The first-order valence-corrected chi connectivity index (χ1v) is 4.05. The summed E-state index contributed by atoms with van der Waals surface area (Å²) < 4.78 is 2.27. The number of fused-ring (bicyclic) bond motifs is 1. The Balaban J connectivity index is 3.05. The van der Waals surface area contributed by atoms with Gasteiger partial charge in [0.15, 0.2) is 5.52 Å². The third-order valence-corrected chi connectivity index (χ3v) is 2.45. The summed E-state index contributed by atoms with van der Waals surface area (Å²) in [6.45, 7) is 0. The van der Waals surface area contributed by atoms with Gasteiger partial charge in [-0.1, -0.05) is 0 Å².